The molecule has 0 amide bonds. The maximum atomic E-state index is 11.5. The van der Waals surface area contributed by atoms with Gasteiger partial charge in [-0.15, -0.1) is 0 Å². The molecule has 0 aliphatic heterocycles. The van der Waals surface area contributed by atoms with Crippen molar-refractivity contribution in [2.75, 3.05) is 0 Å². The monoisotopic (exact) mass is 292 g/mol. The minimum atomic E-state index is -0.631. The smallest absolute Gasteiger partial charge is 0.309 e. The Balaban J connectivity index is 1.80. The Kier molecular flexibility index (Phi) is 5.24. The highest BCUT2D eigenvalue weighted by Crippen LogP contribution is 2.38. The van der Waals surface area contributed by atoms with E-state index in [-0.39, 0.29) is 0 Å². The van der Waals surface area contributed by atoms with Gasteiger partial charge in [-0.2, -0.15) is 0 Å². The zero-order valence-corrected chi connectivity index (χ0v) is 12.4. The van der Waals surface area contributed by atoms with E-state index in [1.165, 1.54) is 5.56 Å². The van der Waals surface area contributed by atoms with E-state index in [0.717, 1.165) is 43.5 Å². The minimum Gasteiger partial charge on any atom is -0.481 e. The Hall–Kier alpha value is -1.28. The zero-order valence-electron chi connectivity index (χ0n) is 11.6. The molecule has 1 aliphatic carbocycles. The molecule has 0 saturated carbocycles. The van der Waals surface area contributed by atoms with Crippen LogP contribution in [0.25, 0.3) is 0 Å². The van der Waals surface area contributed by atoms with Gasteiger partial charge in [0.2, 0.25) is 0 Å². The summed E-state index contributed by atoms with van der Waals surface area (Å²) in [6.07, 6.45) is 10.2. The third kappa shape index (κ3) is 3.86. The van der Waals surface area contributed by atoms with Crippen molar-refractivity contribution in [1.82, 2.24) is 0 Å². The molecule has 1 aliphatic rings. The van der Waals surface area contributed by atoms with Gasteiger partial charge in [-0.25, -0.2) is 0 Å². The van der Waals surface area contributed by atoms with Crippen molar-refractivity contribution in [3.8, 4) is 0 Å². The van der Waals surface area contributed by atoms with Crippen LogP contribution in [-0.4, -0.2) is 11.1 Å². The van der Waals surface area contributed by atoms with Crippen LogP contribution in [0, 0.1) is 5.41 Å². The van der Waals surface area contributed by atoms with Crippen molar-refractivity contribution in [1.29, 1.82) is 0 Å². The molecule has 0 heterocycles. The van der Waals surface area contributed by atoms with Crippen LogP contribution in [0.15, 0.2) is 36.4 Å². The summed E-state index contributed by atoms with van der Waals surface area (Å²) in [7, 11) is 0. The fraction of sp³-hybridized carbons (Fsp3) is 0.471. The summed E-state index contributed by atoms with van der Waals surface area (Å²) in [6, 6.07) is 7.89. The second kappa shape index (κ2) is 6.94. The fourth-order valence-corrected chi connectivity index (χ4v) is 2.99. The third-order valence-corrected chi connectivity index (χ3v) is 4.45. The number of hydrogen-bond acceptors (Lipinski definition) is 1. The van der Waals surface area contributed by atoms with Crippen LogP contribution in [0.3, 0.4) is 0 Å². The van der Waals surface area contributed by atoms with Crippen molar-refractivity contribution in [3.63, 3.8) is 0 Å². The lowest BCUT2D eigenvalue weighted by Crippen LogP contribution is -2.31. The molecular formula is C17H21ClO2. The van der Waals surface area contributed by atoms with E-state index >= 15 is 0 Å². The van der Waals surface area contributed by atoms with Gasteiger partial charge >= 0.3 is 5.97 Å². The number of halogens is 1. The molecule has 20 heavy (non-hydrogen) atoms. The molecule has 0 fully saturated rings. The second-order valence-electron chi connectivity index (χ2n) is 5.63. The fourth-order valence-electron chi connectivity index (χ4n) is 2.86. The molecule has 108 valence electrons. The zero-order chi connectivity index (χ0) is 14.4. The molecule has 2 nitrogen and oxygen atoms in total. The van der Waals surface area contributed by atoms with Crippen LogP contribution in [0.2, 0.25) is 5.02 Å². The molecule has 0 saturated heterocycles. The predicted molar refractivity (Wildman–Crippen MR) is 82.1 cm³/mol. The summed E-state index contributed by atoms with van der Waals surface area (Å²) in [5.74, 6) is -0.631. The first kappa shape index (κ1) is 15.1. The van der Waals surface area contributed by atoms with Crippen LogP contribution >= 0.6 is 11.6 Å². The summed E-state index contributed by atoms with van der Waals surface area (Å²) < 4.78 is 0. The molecule has 0 spiro atoms. The van der Waals surface area contributed by atoms with E-state index in [2.05, 4.69) is 6.08 Å². The average Bonchev–Trinajstić information content (AvgIpc) is 2.46. The first-order valence-electron chi connectivity index (χ1n) is 7.25. The van der Waals surface area contributed by atoms with Crippen molar-refractivity contribution < 1.29 is 9.90 Å². The summed E-state index contributed by atoms with van der Waals surface area (Å²) >= 11 is 5.86. The first-order chi connectivity index (χ1) is 9.62. The van der Waals surface area contributed by atoms with E-state index in [9.17, 15) is 9.90 Å². The van der Waals surface area contributed by atoms with Crippen LogP contribution in [0.4, 0.5) is 0 Å². The maximum Gasteiger partial charge on any atom is 0.309 e. The Morgan fingerprint density at radius 3 is 2.55 bits per heavy atom. The summed E-state index contributed by atoms with van der Waals surface area (Å²) in [6.45, 7) is 0. The number of carbonyl (C=O) groups is 1. The standard InChI is InChI=1S/C17H21ClO2/c18-15-9-7-14(8-10-15)6-2-5-13-17(16(19)20)11-3-1-4-12-17/h1,3,7-10H,2,4-6,11-13H2,(H,19,20). The van der Waals surface area contributed by atoms with E-state index < -0.39 is 11.4 Å². The lowest BCUT2D eigenvalue weighted by molar-refractivity contribution is -0.150. The molecule has 1 aromatic carbocycles. The normalized spacial score (nSPS) is 21.9. The lowest BCUT2D eigenvalue weighted by Gasteiger charge is -2.30. The van der Waals surface area contributed by atoms with Crippen LogP contribution in [-0.2, 0) is 11.2 Å². The molecule has 0 radical (unpaired) electrons. The van der Waals surface area contributed by atoms with Gasteiger partial charge < -0.3 is 5.11 Å². The quantitative estimate of drug-likeness (QED) is 0.600. The van der Waals surface area contributed by atoms with Crippen molar-refractivity contribution in [2.24, 2.45) is 5.41 Å². The van der Waals surface area contributed by atoms with Gasteiger partial charge in [-0.3, -0.25) is 4.79 Å². The molecule has 0 aromatic heterocycles. The third-order valence-electron chi connectivity index (χ3n) is 4.20. The van der Waals surface area contributed by atoms with Gasteiger partial charge in [0.15, 0.2) is 0 Å². The highest BCUT2D eigenvalue weighted by atomic mass is 35.5. The molecule has 1 N–H and O–H groups in total. The van der Waals surface area contributed by atoms with E-state index in [1.54, 1.807) is 0 Å². The molecule has 1 atom stereocenters. The van der Waals surface area contributed by atoms with Gasteiger partial charge in [-0.1, -0.05) is 42.3 Å². The number of rotatable bonds is 6. The van der Waals surface area contributed by atoms with Gasteiger partial charge in [0.1, 0.15) is 0 Å². The average molecular weight is 293 g/mol. The molecule has 2 rings (SSSR count). The molecular weight excluding hydrogens is 272 g/mol. The molecule has 1 aromatic rings. The largest absolute Gasteiger partial charge is 0.481 e. The van der Waals surface area contributed by atoms with Crippen molar-refractivity contribution in [3.05, 3.63) is 47.0 Å². The summed E-state index contributed by atoms with van der Waals surface area (Å²) in [5, 5.41) is 10.2. The van der Waals surface area contributed by atoms with Crippen molar-refractivity contribution in [2.45, 2.75) is 44.9 Å². The maximum absolute atomic E-state index is 11.5. The number of benzene rings is 1. The highest BCUT2D eigenvalue weighted by molar-refractivity contribution is 6.30. The number of carboxylic acid groups (broad SMARTS) is 1. The number of allylic oxidation sites excluding steroid dienone is 2. The minimum absolute atomic E-state index is 0.519. The van der Waals surface area contributed by atoms with Gasteiger partial charge in [0.25, 0.3) is 0 Å². The van der Waals surface area contributed by atoms with E-state index in [4.69, 9.17) is 11.6 Å². The predicted octanol–water partition coefficient (Wildman–Crippen LogP) is 4.86. The Bertz CT molecular complexity index is 478. The lowest BCUT2D eigenvalue weighted by atomic mass is 9.73. The van der Waals surface area contributed by atoms with E-state index in [1.807, 2.05) is 30.3 Å². The van der Waals surface area contributed by atoms with Crippen LogP contribution < -0.4 is 0 Å². The number of unbranched alkanes of at least 4 members (excludes halogenated alkanes) is 1. The number of aryl methyl sites for hydroxylation is 1. The number of hydrogen-bond donors (Lipinski definition) is 1. The Labute approximate surface area is 125 Å². The van der Waals surface area contributed by atoms with Crippen molar-refractivity contribution >= 4 is 17.6 Å². The Morgan fingerprint density at radius 1 is 1.20 bits per heavy atom. The first-order valence-corrected chi connectivity index (χ1v) is 7.63. The highest BCUT2D eigenvalue weighted by Gasteiger charge is 2.37. The van der Waals surface area contributed by atoms with Gasteiger partial charge in [-0.05, 0) is 56.2 Å². The SMILES string of the molecule is O=C(O)C1(CCCCc2ccc(Cl)cc2)CC=CCC1. The molecule has 3 heteroatoms. The van der Waals surface area contributed by atoms with Crippen LogP contribution in [0.1, 0.15) is 44.1 Å². The van der Waals surface area contributed by atoms with E-state index in [0.29, 0.717) is 6.42 Å². The topological polar surface area (TPSA) is 37.3 Å². The molecule has 1 unspecified atom stereocenters. The van der Waals surface area contributed by atoms with Crippen LogP contribution in [0.5, 0.6) is 0 Å². The molecule has 0 bridgehead atoms. The number of aliphatic carboxylic acids is 1. The second-order valence-corrected chi connectivity index (χ2v) is 6.07. The summed E-state index contributed by atoms with van der Waals surface area (Å²) in [4.78, 5) is 11.5. The van der Waals surface area contributed by atoms with Gasteiger partial charge in [0.05, 0.1) is 5.41 Å². The Morgan fingerprint density at radius 2 is 1.95 bits per heavy atom. The summed E-state index contributed by atoms with van der Waals surface area (Å²) in [5.41, 5.74) is 0.747. The number of carboxylic acids is 1. The van der Waals surface area contributed by atoms with Gasteiger partial charge in [0, 0.05) is 5.02 Å².